The van der Waals surface area contributed by atoms with E-state index in [1.54, 1.807) is 93.6 Å². The standard InChI is InChI=1S/C22H23N9O4.C17H12N4S.C16H13F3N4OS.C16H17N7O2.C12H10N4S/c1-34-15-10-24-16(27-22(15)33)11-25-17(32)12-31-13-26-20-18(31)21(30-6-8-35-9-7-30)29-19(28-20)14-4-2-3-5-23-14;18-16-15-14(12(10-22-15)11-6-2-1-3-7-11)20-17(21-16)13-8-4-5-9-19-13;17-16(18,19)10-9-25-15-12(10)14(23-5-7-24-8-6-23)21-13(22-15)11-3-1-2-4-20-11;17-12(24)9-23-10-19-15-13(23)16(22-5-7-25-8-6-22)21-14(20-15)11-3-1-2-4-18-11;1-7-6-9-10(17-7)11(13)16-12(15-9)8-4-2-3-5-14-8/h2-5,10,13H,6-9,11-12H2,1H3,(H,25,32)(H,24,27,33);1-10H,(H2,18,20,21);1-4,9H,5-8H2;1-4,10H,5-9H2,(H2,17,24);2-6H,1H3,(H2,13,15,16). The number of aryl methyl sites for hydroxylation is 1. The molecule has 41 heteroatoms. The average molecular weight is 1730 g/mol. The molecule has 17 aromatic rings. The third kappa shape index (κ3) is 19.3. The Kier molecular flexibility index (Phi) is 25.5. The quantitative estimate of drug-likeness (QED) is 0.0600. The number of H-pyrrole nitrogens is 1. The fourth-order valence-electron chi connectivity index (χ4n) is 13.4. The number of ether oxygens (including phenoxy) is 4. The number of benzene rings is 1. The lowest BCUT2D eigenvalue weighted by atomic mass is 10.1. The van der Waals surface area contributed by atoms with E-state index in [0.29, 0.717) is 187 Å². The summed E-state index contributed by atoms with van der Waals surface area (Å²) in [5.41, 5.74) is 25.9. The molecule has 20 rings (SSSR count). The molecular weight excluding hydrogens is 1650 g/mol. The normalized spacial score (nSPS) is 13.4. The maximum Gasteiger partial charge on any atom is 0.418 e. The smallest absolute Gasteiger partial charge is 0.418 e. The molecule has 628 valence electrons. The highest BCUT2D eigenvalue weighted by Crippen LogP contribution is 2.43. The zero-order valence-electron chi connectivity index (χ0n) is 66.2. The van der Waals surface area contributed by atoms with E-state index < -0.39 is 23.2 Å². The van der Waals surface area contributed by atoms with Gasteiger partial charge in [-0.05, 0) is 79.2 Å². The molecule has 0 unspecified atom stereocenters. The number of nitrogens with one attached hydrogen (secondary N) is 2. The number of morpholine rings is 3. The van der Waals surface area contributed by atoms with Gasteiger partial charge in [-0.1, -0.05) is 60.7 Å². The Morgan fingerprint density at radius 1 is 0.532 bits per heavy atom. The maximum atomic E-state index is 13.4. The third-order valence-electron chi connectivity index (χ3n) is 19.2. The lowest BCUT2D eigenvalue weighted by molar-refractivity contribution is -0.136. The van der Waals surface area contributed by atoms with E-state index in [4.69, 9.17) is 51.1 Å². The zero-order chi connectivity index (χ0) is 85.6. The number of amides is 2. The summed E-state index contributed by atoms with van der Waals surface area (Å²) in [5.74, 6) is 4.81. The minimum absolute atomic E-state index is 0.0134. The number of alkyl halides is 3. The summed E-state index contributed by atoms with van der Waals surface area (Å²) in [4.78, 5) is 126. The molecule has 3 aliphatic heterocycles. The lowest BCUT2D eigenvalue weighted by Gasteiger charge is -2.29. The second-order valence-corrected chi connectivity index (χ2v) is 30.5. The van der Waals surface area contributed by atoms with Gasteiger partial charge in [0.1, 0.15) is 80.7 Å². The molecule has 0 aliphatic carbocycles. The molecule has 2 amide bonds. The molecule has 0 radical (unpaired) electrons. The van der Waals surface area contributed by atoms with Gasteiger partial charge in [-0.2, -0.15) is 13.2 Å². The van der Waals surface area contributed by atoms with Crippen molar-refractivity contribution in [2.75, 3.05) is 112 Å². The number of nitrogen functional groups attached to an aromatic ring is 2. The third-order valence-corrected chi connectivity index (χ3v) is 22.1. The molecule has 19 heterocycles. The first kappa shape index (κ1) is 83.1. The van der Waals surface area contributed by atoms with Crippen molar-refractivity contribution in [2.45, 2.75) is 32.7 Å². The number of fused-ring (bicyclic) bond motifs is 5. The van der Waals surface area contributed by atoms with Crippen LogP contribution < -0.4 is 47.5 Å². The van der Waals surface area contributed by atoms with Crippen LogP contribution in [0.25, 0.3) is 122 Å². The predicted octanol–water partition coefficient (Wildman–Crippen LogP) is 10.6. The minimum Gasteiger partial charge on any atom is -0.490 e. The van der Waals surface area contributed by atoms with Gasteiger partial charge >= 0.3 is 6.18 Å². The van der Waals surface area contributed by atoms with Gasteiger partial charge in [0.05, 0.1) is 104 Å². The number of anilines is 5. The van der Waals surface area contributed by atoms with E-state index in [1.807, 2.05) is 109 Å². The molecule has 0 atom stereocenters. The lowest BCUT2D eigenvalue weighted by Crippen LogP contribution is -2.37. The van der Waals surface area contributed by atoms with Gasteiger partial charge in [0.15, 0.2) is 52.1 Å². The predicted molar refractivity (Wildman–Crippen MR) is 465 cm³/mol. The average Bonchev–Trinajstić information content (AvgIpc) is 1.38. The fraction of sp³-hybridized carbons (Fsp3) is 0.217. The van der Waals surface area contributed by atoms with Crippen LogP contribution >= 0.6 is 34.0 Å². The zero-order valence-corrected chi connectivity index (χ0v) is 68.7. The summed E-state index contributed by atoms with van der Waals surface area (Å²) in [7, 11) is 1.39. The van der Waals surface area contributed by atoms with Crippen molar-refractivity contribution in [2.24, 2.45) is 5.73 Å². The number of methoxy groups -OCH3 is 1. The molecule has 0 spiro atoms. The molecule has 8 N–H and O–H groups in total. The Morgan fingerprint density at radius 2 is 0.992 bits per heavy atom. The van der Waals surface area contributed by atoms with Gasteiger partial charge in [-0.15, -0.1) is 34.0 Å². The number of nitrogens with zero attached hydrogens (tertiary/aromatic N) is 23. The number of thiophene rings is 3. The van der Waals surface area contributed by atoms with E-state index >= 15 is 0 Å². The van der Waals surface area contributed by atoms with Crippen LogP contribution in [0.1, 0.15) is 16.3 Å². The molecule has 16 aromatic heterocycles. The van der Waals surface area contributed by atoms with E-state index in [2.05, 4.69) is 112 Å². The van der Waals surface area contributed by atoms with Gasteiger partial charge in [-0.3, -0.25) is 39.3 Å². The number of hydrogen-bond acceptors (Lipinski definition) is 33. The molecule has 3 fully saturated rings. The van der Waals surface area contributed by atoms with Crippen molar-refractivity contribution >= 4 is 128 Å². The Morgan fingerprint density at radius 3 is 1.47 bits per heavy atom. The van der Waals surface area contributed by atoms with Gasteiger partial charge in [0, 0.05) is 91.5 Å². The van der Waals surface area contributed by atoms with Crippen LogP contribution in [0.3, 0.4) is 0 Å². The largest absolute Gasteiger partial charge is 0.490 e. The number of carbonyl (C=O) groups excluding carboxylic acids is 2. The van der Waals surface area contributed by atoms with Crippen molar-refractivity contribution < 1.29 is 41.7 Å². The van der Waals surface area contributed by atoms with Crippen LogP contribution in [0.5, 0.6) is 5.75 Å². The van der Waals surface area contributed by atoms with Crippen molar-refractivity contribution in [3.63, 3.8) is 0 Å². The summed E-state index contributed by atoms with van der Waals surface area (Å²) in [5, 5.41) is 5.99. The summed E-state index contributed by atoms with van der Waals surface area (Å²) >= 11 is 4.15. The maximum absolute atomic E-state index is 13.4. The van der Waals surface area contributed by atoms with Crippen LogP contribution in [0.2, 0.25) is 0 Å². The first-order valence-corrected chi connectivity index (χ1v) is 41.2. The van der Waals surface area contributed by atoms with Crippen LogP contribution in [0.4, 0.5) is 42.3 Å². The number of halogens is 3. The highest BCUT2D eigenvalue weighted by molar-refractivity contribution is 7.19. The van der Waals surface area contributed by atoms with Crippen molar-refractivity contribution in [1.29, 1.82) is 0 Å². The first-order chi connectivity index (χ1) is 60.4. The molecule has 1 aromatic carbocycles. The molecule has 124 heavy (non-hydrogen) atoms. The van der Waals surface area contributed by atoms with Crippen molar-refractivity contribution in [3.8, 4) is 74.5 Å². The Balaban J connectivity index is 0.000000117. The first-order valence-electron chi connectivity index (χ1n) is 38.6. The molecule has 0 saturated carbocycles. The van der Waals surface area contributed by atoms with E-state index in [0.717, 1.165) is 59.7 Å². The van der Waals surface area contributed by atoms with Crippen LogP contribution in [-0.2, 0) is 49.6 Å². The number of aromatic nitrogens is 21. The van der Waals surface area contributed by atoms with E-state index in [9.17, 15) is 27.6 Å². The highest BCUT2D eigenvalue weighted by Gasteiger charge is 2.37. The van der Waals surface area contributed by atoms with Gasteiger partial charge < -0.3 is 70.3 Å². The SMILES string of the molecule is COc1cnc(CNC(=O)Cn2cnc3nc(-c4ccccn4)nc(N4CCOCC4)c32)[nH]c1=O.Cc1cc2nc(-c3ccccn3)nc(N)c2s1.FC(F)(F)c1csc2nc(-c3ccccn3)nc(N3CCOCC3)c12.NC(=O)Cn1cnc2nc(-c3ccccn3)nc(N3CCOCC3)c21.Nc1nc(-c2ccccn2)nc2c(-c3ccccc3)csc12. The Bertz CT molecular complexity index is 6650. The van der Waals surface area contributed by atoms with Crippen molar-refractivity contribution in [1.82, 2.24) is 109 Å². The van der Waals surface area contributed by atoms with Crippen molar-refractivity contribution in [3.05, 3.63) is 215 Å². The number of rotatable bonds is 16. The molecule has 3 aliphatic rings. The molecule has 0 bridgehead atoms. The number of nitrogens with two attached hydrogens (primary N) is 3. The number of pyridine rings is 5. The fourth-order valence-corrected chi connectivity index (χ4v) is 16.1. The number of aromatic amines is 1. The minimum atomic E-state index is -4.45. The summed E-state index contributed by atoms with van der Waals surface area (Å²) in [6.07, 6.45) is 8.43. The second-order valence-electron chi connectivity index (χ2n) is 27.5. The summed E-state index contributed by atoms with van der Waals surface area (Å²) < 4.78 is 66.7. The van der Waals surface area contributed by atoms with Gasteiger partial charge in [-0.25, -0.2) is 64.8 Å². The number of primary amides is 1. The number of hydrogen-bond donors (Lipinski definition) is 5. The Labute approximate surface area is 714 Å². The van der Waals surface area contributed by atoms with Gasteiger partial charge in [0.25, 0.3) is 5.56 Å². The summed E-state index contributed by atoms with van der Waals surface area (Å²) in [6.45, 7) is 9.09. The van der Waals surface area contributed by atoms with E-state index in [-0.39, 0.29) is 36.7 Å². The van der Waals surface area contributed by atoms with Crippen LogP contribution in [0, 0.1) is 6.92 Å². The molecule has 3 saturated heterocycles. The molecule has 35 nitrogen and oxygen atoms in total. The summed E-state index contributed by atoms with van der Waals surface area (Å²) in [6, 6.07) is 39.9. The Hall–Kier alpha value is -14.5. The highest BCUT2D eigenvalue weighted by atomic mass is 32.1. The second kappa shape index (κ2) is 38.0. The van der Waals surface area contributed by atoms with E-state index in [1.165, 1.54) is 18.2 Å². The van der Waals surface area contributed by atoms with Crippen LogP contribution in [-0.4, -0.2) is 202 Å². The topological polar surface area (TPSA) is 446 Å². The van der Waals surface area contributed by atoms with Gasteiger partial charge in [0.2, 0.25) is 17.6 Å². The van der Waals surface area contributed by atoms with Crippen LogP contribution in [0.15, 0.2) is 193 Å². The number of imidazole rings is 2. The number of carbonyl (C=O) groups is 2. The molecular formula is C83H75F3N28O7S3. The monoisotopic (exact) mass is 1730 g/mol.